The number of anilines is 1. The first-order chi connectivity index (χ1) is 12.7. The van der Waals surface area contributed by atoms with Crippen molar-refractivity contribution in [2.45, 2.75) is 38.1 Å². The monoisotopic (exact) mass is 447 g/mol. The quantitative estimate of drug-likeness (QED) is 0.582. The minimum absolute atomic E-state index is 0.215. The summed E-state index contributed by atoms with van der Waals surface area (Å²) in [4.78, 5) is 0.215. The van der Waals surface area contributed by atoms with Crippen LogP contribution in [0.25, 0.3) is 0 Å². The van der Waals surface area contributed by atoms with Crippen LogP contribution in [0.3, 0.4) is 0 Å². The molecule has 3 rings (SSSR count). The van der Waals surface area contributed by atoms with E-state index in [2.05, 4.69) is 39.6 Å². The molecule has 0 radical (unpaired) electrons. The summed E-state index contributed by atoms with van der Waals surface area (Å²) in [6, 6.07) is 15.1. The zero-order valence-electron chi connectivity index (χ0n) is 15.5. The number of hydrogen-bond donors (Lipinski definition) is 1. The van der Waals surface area contributed by atoms with Crippen LogP contribution in [0.2, 0.25) is 0 Å². The Morgan fingerprint density at radius 3 is 2.30 bits per heavy atom. The molecule has 1 aromatic heterocycles. The summed E-state index contributed by atoms with van der Waals surface area (Å²) in [7, 11) is -3.70. The van der Waals surface area contributed by atoms with Gasteiger partial charge < -0.3 is 0 Å². The van der Waals surface area contributed by atoms with Crippen LogP contribution in [-0.4, -0.2) is 18.2 Å². The molecule has 1 N–H and O–H groups in total. The fourth-order valence-corrected chi connectivity index (χ4v) is 4.21. The average Bonchev–Trinajstić information content (AvgIpc) is 2.95. The van der Waals surface area contributed by atoms with Crippen molar-refractivity contribution in [1.29, 1.82) is 0 Å². The molecular formula is C20H22BrN3O2S. The molecule has 1 heterocycles. The van der Waals surface area contributed by atoms with Crippen LogP contribution in [0.1, 0.15) is 36.5 Å². The van der Waals surface area contributed by atoms with Gasteiger partial charge in [0, 0.05) is 6.20 Å². The van der Waals surface area contributed by atoms with Gasteiger partial charge in [0.05, 0.1) is 15.9 Å². The molecule has 142 valence electrons. The normalized spacial score (nSPS) is 11.7. The molecule has 0 amide bonds. The van der Waals surface area contributed by atoms with Gasteiger partial charge in [-0.25, -0.2) is 8.42 Å². The fraction of sp³-hybridized carbons (Fsp3) is 0.250. The largest absolute Gasteiger partial charge is 0.265 e. The molecule has 0 unspecified atom stereocenters. The predicted octanol–water partition coefficient (Wildman–Crippen LogP) is 4.93. The van der Waals surface area contributed by atoms with Crippen LogP contribution in [0.15, 0.2) is 64.1 Å². The van der Waals surface area contributed by atoms with Crippen molar-refractivity contribution < 1.29 is 8.42 Å². The number of rotatable bonds is 6. The highest BCUT2D eigenvalue weighted by atomic mass is 79.9. The Morgan fingerprint density at radius 2 is 1.70 bits per heavy atom. The molecule has 0 bridgehead atoms. The van der Waals surface area contributed by atoms with Gasteiger partial charge >= 0.3 is 0 Å². The van der Waals surface area contributed by atoms with E-state index in [9.17, 15) is 8.42 Å². The van der Waals surface area contributed by atoms with E-state index < -0.39 is 10.0 Å². The minimum atomic E-state index is -3.70. The first-order valence-corrected chi connectivity index (χ1v) is 10.9. The third kappa shape index (κ3) is 4.78. The maximum absolute atomic E-state index is 12.7. The SMILES string of the molecule is Cc1ccc(Cn2cc(Br)c(NS(=O)(=O)c3ccc(C(C)C)cc3)n2)cc1. The van der Waals surface area contributed by atoms with Crippen LogP contribution in [-0.2, 0) is 16.6 Å². The van der Waals surface area contributed by atoms with Crippen LogP contribution in [0.4, 0.5) is 5.82 Å². The van der Waals surface area contributed by atoms with E-state index in [4.69, 9.17) is 0 Å². The number of benzene rings is 2. The van der Waals surface area contributed by atoms with E-state index in [1.807, 2.05) is 43.3 Å². The highest BCUT2D eigenvalue weighted by molar-refractivity contribution is 9.10. The van der Waals surface area contributed by atoms with Crippen LogP contribution >= 0.6 is 15.9 Å². The zero-order valence-corrected chi connectivity index (χ0v) is 17.9. The molecule has 27 heavy (non-hydrogen) atoms. The number of halogens is 1. The highest BCUT2D eigenvalue weighted by Crippen LogP contribution is 2.25. The lowest BCUT2D eigenvalue weighted by Crippen LogP contribution is -2.14. The first-order valence-electron chi connectivity index (χ1n) is 8.66. The maximum Gasteiger partial charge on any atom is 0.263 e. The number of hydrogen-bond acceptors (Lipinski definition) is 3. The molecule has 0 spiro atoms. The van der Waals surface area contributed by atoms with Crippen molar-refractivity contribution in [1.82, 2.24) is 9.78 Å². The summed E-state index contributed by atoms with van der Waals surface area (Å²) in [5.74, 6) is 0.622. The average molecular weight is 448 g/mol. The number of aryl methyl sites for hydroxylation is 1. The van der Waals surface area contributed by atoms with Gasteiger partial charge in [0.15, 0.2) is 5.82 Å². The van der Waals surface area contributed by atoms with E-state index in [-0.39, 0.29) is 10.7 Å². The summed E-state index contributed by atoms with van der Waals surface area (Å²) >= 11 is 3.39. The van der Waals surface area contributed by atoms with Gasteiger partial charge in [-0.15, -0.1) is 0 Å². The van der Waals surface area contributed by atoms with Crippen molar-refractivity contribution in [2.24, 2.45) is 0 Å². The van der Waals surface area contributed by atoms with E-state index in [0.717, 1.165) is 11.1 Å². The van der Waals surface area contributed by atoms with Crippen molar-refractivity contribution in [3.05, 3.63) is 75.9 Å². The van der Waals surface area contributed by atoms with Crippen molar-refractivity contribution >= 4 is 31.8 Å². The second-order valence-electron chi connectivity index (χ2n) is 6.84. The second kappa shape index (κ2) is 7.86. The Labute approximate surface area is 168 Å². The van der Waals surface area contributed by atoms with Crippen LogP contribution < -0.4 is 4.72 Å². The Bertz CT molecular complexity index is 1020. The lowest BCUT2D eigenvalue weighted by atomic mass is 10.0. The minimum Gasteiger partial charge on any atom is -0.265 e. The van der Waals surface area contributed by atoms with Crippen molar-refractivity contribution in [3.8, 4) is 0 Å². The molecule has 0 saturated carbocycles. The summed E-state index contributed by atoms with van der Waals surface area (Å²) < 4.78 is 30.2. The number of sulfonamides is 1. The van der Waals surface area contributed by atoms with E-state index in [1.165, 1.54) is 5.56 Å². The molecule has 5 nitrogen and oxygen atoms in total. The van der Waals surface area contributed by atoms with Gasteiger partial charge in [-0.3, -0.25) is 9.40 Å². The lowest BCUT2D eigenvalue weighted by molar-refractivity contribution is 0.600. The number of nitrogens with one attached hydrogen (secondary N) is 1. The van der Waals surface area contributed by atoms with Gasteiger partial charge in [0.2, 0.25) is 0 Å². The maximum atomic E-state index is 12.7. The van der Waals surface area contributed by atoms with E-state index in [1.54, 1.807) is 23.0 Å². The Balaban J connectivity index is 1.78. The third-order valence-electron chi connectivity index (χ3n) is 4.27. The van der Waals surface area contributed by atoms with Gasteiger partial charge in [-0.2, -0.15) is 5.10 Å². The van der Waals surface area contributed by atoms with Gasteiger partial charge in [0.1, 0.15) is 0 Å². The van der Waals surface area contributed by atoms with E-state index in [0.29, 0.717) is 16.9 Å². The molecule has 0 aliphatic heterocycles. The second-order valence-corrected chi connectivity index (χ2v) is 9.37. The fourth-order valence-electron chi connectivity index (χ4n) is 2.65. The highest BCUT2D eigenvalue weighted by Gasteiger charge is 2.18. The molecule has 0 aliphatic carbocycles. The van der Waals surface area contributed by atoms with Gasteiger partial charge in [-0.05, 0) is 52.0 Å². The number of aromatic nitrogens is 2. The first kappa shape index (κ1) is 19.6. The zero-order chi connectivity index (χ0) is 19.6. The number of nitrogens with zero attached hydrogens (tertiary/aromatic N) is 2. The smallest absolute Gasteiger partial charge is 0.263 e. The third-order valence-corrected chi connectivity index (χ3v) is 6.21. The predicted molar refractivity (Wildman–Crippen MR) is 112 cm³/mol. The summed E-state index contributed by atoms with van der Waals surface area (Å²) in [5.41, 5.74) is 3.38. The van der Waals surface area contributed by atoms with Crippen molar-refractivity contribution in [2.75, 3.05) is 4.72 Å². The molecule has 3 aromatic rings. The molecule has 0 saturated heterocycles. The molecule has 0 aliphatic rings. The summed E-state index contributed by atoms with van der Waals surface area (Å²) in [6.45, 7) is 6.73. The van der Waals surface area contributed by atoms with Crippen LogP contribution in [0, 0.1) is 6.92 Å². The topological polar surface area (TPSA) is 64.0 Å². The standard InChI is InChI=1S/C20H22BrN3O2S/c1-14(2)17-8-10-18(11-9-17)27(25,26)23-20-19(21)13-24(22-20)12-16-6-4-15(3)5-7-16/h4-11,13-14H,12H2,1-3H3,(H,22,23). The van der Waals surface area contributed by atoms with Crippen LogP contribution in [0.5, 0.6) is 0 Å². The molecular weight excluding hydrogens is 426 g/mol. The van der Waals surface area contributed by atoms with Gasteiger partial charge in [0.25, 0.3) is 10.0 Å². The Kier molecular flexibility index (Phi) is 5.72. The lowest BCUT2D eigenvalue weighted by Gasteiger charge is -2.09. The Hall–Kier alpha value is -2.12. The summed E-state index contributed by atoms with van der Waals surface area (Å²) in [6.07, 6.45) is 1.76. The summed E-state index contributed by atoms with van der Waals surface area (Å²) in [5, 5.41) is 4.36. The molecule has 7 heteroatoms. The molecule has 0 fully saturated rings. The Morgan fingerprint density at radius 1 is 1.07 bits per heavy atom. The molecule has 2 aromatic carbocycles. The van der Waals surface area contributed by atoms with E-state index >= 15 is 0 Å². The van der Waals surface area contributed by atoms with Crippen molar-refractivity contribution in [3.63, 3.8) is 0 Å². The van der Waals surface area contributed by atoms with Gasteiger partial charge in [-0.1, -0.05) is 55.8 Å². The molecule has 0 atom stereocenters.